The number of ketones is 1. The Morgan fingerprint density at radius 2 is 1.88 bits per heavy atom. The molecule has 0 saturated carbocycles. The van der Waals surface area contributed by atoms with Crippen molar-refractivity contribution in [3.05, 3.63) is 87.1 Å². The Labute approximate surface area is 202 Å². The number of nitrogens with zero attached hydrogens (tertiary/aromatic N) is 1. The van der Waals surface area contributed by atoms with Gasteiger partial charge in [-0.05, 0) is 54.8 Å². The number of halogens is 1. The lowest BCUT2D eigenvalue weighted by Gasteiger charge is -2.30. The van der Waals surface area contributed by atoms with E-state index in [2.05, 4.69) is 4.90 Å². The first-order valence-corrected chi connectivity index (χ1v) is 11.5. The molecule has 3 aromatic carbocycles. The zero-order valence-corrected chi connectivity index (χ0v) is 19.4. The fourth-order valence-electron chi connectivity index (χ4n) is 4.57. The Kier molecular flexibility index (Phi) is 5.20. The van der Waals surface area contributed by atoms with Crippen molar-refractivity contribution in [2.24, 2.45) is 0 Å². The molecule has 0 bridgehead atoms. The number of hydrogen-bond donors (Lipinski definition) is 0. The van der Waals surface area contributed by atoms with Crippen LogP contribution in [-0.4, -0.2) is 30.8 Å². The van der Waals surface area contributed by atoms with Crippen LogP contribution in [0.5, 0.6) is 23.0 Å². The summed E-state index contributed by atoms with van der Waals surface area (Å²) >= 11 is 6.30. The molecule has 3 aromatic rings. The number of fused-ring (bicyclic) bond motifs is 3. The fraction of sp³-hybridized carbons (Fsp3) is 0.222. The highest BCUT2D eigenvalue weighted by molar-refractivity contribution is 6.31. The van der Waals surface area contributed by atoms with Gasteiger partial charge in [0.1, 0.15) is 18.2 Å². The average Bonchev–Trinajstić information content (AvgIpc) is 3.43. The maximum absolute atomic E-state index is 13.2. The number of hydrogen-bond acceptors (Lipinski definition) is 6. The Hall–Kier alpha value is -3.48. The molecule has 0 amide bonds. The van der Waals surface area contributed by atoms with Crippen LogP contribution in [0.1, 0.15) is 32.6 Å². The minimum atomic E-state index is -0.133. The van der Waals surface area contributed by atoms with Gasteiger partial charge < -0.3 is 18.9 Å². The fourth-order valence-corrected chi connectivity index (χ4v) is 4.80. The Morgan fingerprint density at radius 1 is 1.03 bits per heavy atom. The molecule has 0 atom stereocenters. The van der Waals surface area contributed by atoms with Gasteiger partial charge in [0.2, 0.25) is 12.6 Å². The monoisotopic (exact) mass is 475 g/mol. The van der Waals surface area contributed by atoms with Crippen molar-refractivity contribution in [2.75, 3.05) is 20.1 Å². The van der Waals surface area contributed by atoms with Crippen molar-refractivity contribution in [2.45, 2.75) is 19.9 Å². The molecule has 0 unspecified atom stereocenters. The zero-order chi connectivity index (χ0) is 23.2. The summed E-state index contributed by atoms with van der Waals surface area (Å²) < 4.78 is 22.9. The van der Waals surface area contributed by atoms with Crippen molar-refractivity contribution >= 4 is 23.5 Å². The summed E-state index contributed by atoms with van der Waals surface area (Å²) in [5.74, 6) is 2.88. The molecular formula is C27H22ClNO5. The lowest BCUT2D eigenvalue weighted by atomic mass is 9.99. The van der Waals surface area contributed by atoms with E-state index in [1.54, 1.807) is 6.08 Å². The number of carbonyl (C=O) groups excluding carboxylic acids is 1. The van der Waals surface area contributed by atoms with Crippen molar-refractivity contribution in [1.29, 1.82) is 0 Å². The number of carbonyl (C=O) groups is 1. The van der Waals surface area contributed by atoms with E-state index >= 15 is 0 Å². The van der Waals surface area contributed by atoms with Gasteiger partial charge in [0, 0.05) is 29.2 Å². The quantitative estimate of drug-likeness (QED) is 0.472. The van der Waals surface area contributed by atoms with Gasteiger partial charge in [0.25, 0.3) is 0 Å². The average molecular weight is 476 g/mol. The molecule has 3 heterocycles. The molecule has 6 nitrogen and oxygen atoms in total. The molecule has 0 aliphatic carbocycles. The van der Waals surface area contributed by atoms with Gasteiger partial charge >= 0.3 is 0 Å². The first kappa shape index (κ1) is 21.1. The van der Waals surface area contributed by atoms with E-state index in [9.17, 15) is 4.79 Å². The topological polar surface area (TPSA) is 57.2 Å². The second-order valence-electron chi connectivity index (χ2n) is 8.59. The van der Waals surface area contributed by atoms with E-state index in [1.807, 2.05) is 55.5 Å². The Bertz CT molecular complexity index is 1350. The normalized spacial score (nSPS) is 17.4. The van der Waals surface area contributed by atoms with E-state index in [0.717, 1.165) is 46.0 Å². The van der Waals surface area contributed by atoms with E-state index in [1.165, 1.54) is 0 Å². The van der Waals surface area contributed by atoms with Crippen LogP contribution < -0.4 is 18.9 Å². The van der Waals surface area contributed by atoms with E-state index in [4.69, 9.17) is 30.5 Å². The van der Waals surface area contributed by atoms with Crippen molar-refractivity contribution in [3.8, 4) is 23.0 Å². The molecule has 0 fully saturated rings. The number of rotatable bonds is 4. The van der Waals surface area contributed by atoms with Gasteiger partial charge in [0.15, 0.2) is 17.3 Å². The SMILES string of the molecule is Cc1c2c(cc3c1O/C(=C\c1ccc4c(c1)OCO4)C3=O)CN(CCc1ccccc1Cl)CO2. The minimum absolute atomic E-state index is 0.133. The first-order chi connectivity index (χ1) is 16.6. The summed E-state index contributed by atoms with van der Waals surface area (Å²) in [6.07, 6.45) is 2.56. The summed E-state index contributed by atoms with van der Waals surface area (Å²) in [6, 6.07) is 15.3. The number of benzene rings is 3. The predicted octanol–water partition coefficient (Wildman–Crippen LogP) is 5.39. The largest absolute Gasteiger partial charge is 0.477 e. The number of Topliss-reactive ketones (excluding diaryl/α,β-unsaturated/α-hetero) is 1. The molecule has 7 heteroatoms. The molecule has 172 valence electrons. The van der Waals surface area contributed by atoms with Crippen molar-refractivity contribution in [1.82, 2.24) is 4.90 Å². The molecule has 0 aromatic heterocycles. The lowest BCUT2D eigenvalue weighted by molar-refractivity contribution is 0.0954. The van der Waals surface area contributed by atoms with Gasteiger partial charge in [-0.2, -0.15) is 0 Å². The molecule has 0 N–H and O–H groups in total. The first-order valence-electron chi connectivity index (χ1n) is 11.2. The van der Waals surface area contributed by atoms with Gasteiger partial charge in [-0.15, -0.1) is 0 Å². The van der Waals surface area contributed by atoms with Crippen LogP contribution in [0.4, 0.5) is 0 Å². The molecule has 0 saturated heterocycles. The van der Waals surface area contributed by atoms with Crippen LogP contribution in [-0.2, 0) is 13.0 Å². The third kappa shape index (κ3) is 3.69. The summed E-state index contributed by atoms with van der Waals surface area (Å²) in [7, 11) is 0. The van der Waals surface area contributed by atoms with Crippen molar-refractivity contribution < 1.29 is 23.7 Å². The summed E-state index contributed by atoms with van der Waals surface area (Å²) in [5.41, 5.74) is 4.33. The summed E-state index contributed by atoms with van der Waals surface area (Å²) in [6.45, 7) is 4.12. The highest BCUT2D eigenvalue weighted by Crippen LogP contribution is 2.43. The highest BCUT2D eigenvalue weighted by atomic mass is 35.5. The maximum Gasteiger partial charge on any atom is 0.231 e. The highest BCUT2D eigenvalue weighted by Gasteiger charge is 2.33. The van der Waals surface area contributed by atoms with Gasteiger partial charge in [-0.3, -0.25) is 9.69 Å². The third-order valence-corrected chi connectivity index (χ3v) is 6.72. The molecule has 6 rings (SSSR count). The van der Waals surface area contributed by atoms with Crippen LogP contribution in [0.3, 0.4) is 0 Å². The second kappa shape index (κ2) is 8.38. The second-order valence-corrected chi connectivity index (χ2v) is 8.99. The third-order valence-electron chi connectivity index (χ3n) is 6.35. The van der Waals surface area contributed by atoms with Gasteiger partial charge in [0.05, 0.1) is 5.56 Å². The van der Waals surface area contributed by atoms with Crippen LogP contribution in [0.15, 0.2) is 54.3 Å². The Balaban J connectivity index is 1.23. The molecule has 3 aliphatic heterocycles. The maximum atomic E-state index is 13.2. The van der Waals surface area contributed by atoms with Crippen molar-refractivity contribution in [3.63, 3.8) is 0 Å². The van der Waals surface area contributed by atoms with Crippen LogP contribution in [0, 0.1) is 6.92 Å². The molecule has 0 spiro atoms. The van der Waals surface area contributed by atoms with Gasteiger partial charge in [-0.1, -0.05) is 35.9 Å². The van der Waals surface area contributed by atoms with E-state index < -0.39 is 0 Å². The predicted molar refractivity (Wildman–Crippen MR) is 128 cm³/mol. The molecular weight excluding hydrogens is 454 g/mol. The number of allylic oxidation sites excluding steroid dienone is 1. The van der Waals surface area contributed by atoms with E-state index in [0.29, 0.717) is 36.1 Å². The lowest BCUT2D eigenvalue weighted by Crippen LogP contribution is -2.34. The van der Waals surface area contributed by atoms with Gasteiger partial charge in [-0.25, -0.2) is 0 Å². The Morgan fingerprint density at radius 3 is 2.76 bits per heavy atom. The van der Waals surface area contributed by atoms with Crippen LogP contribution in [0.2, 0.25) is 5.02 Å². The van der Waals surface area contributed by atoms with Crippen LogP contribution >= 0.6 is 11.6 Å². The minimum Gasteiger partial charge on any atom is -0.477 e. The molecule has 3 aliphatic rings. The molecule has 0 radical (unpaired) electrons. The zero-order valence-electron chi connectivity index (χ0n) is 18.6. The van der Waals surface area contributed by atoms with Crippen LogP contribution in [0.25, 0.3) is 6.08 Å². The molecule has 34 heavy (non-hydrogen) atoms. The standard InChI is InChI=1S/C27H22ClNO5/c1-16-26-19(13-29(14-31-26)9-8-18-4-2-3-5-21(18)28)12-20-25(30)24(34-27(16)20)11-17-6-7-22-23(10-17)33-15-32-22/h2-7,10-12H,8-9,13-15H2,1H3/b24-11-. The smallest absolute Gasteiger partial charge is 0.231 e. The summed E-state index contributed by atoms with van der Waals surface area (Å²) in [4.78, 5) is 15.4. The van der Waals surface area contributed by atoms with E-state index in [-0.39, 0.29) is 18.3 Å². The summed E-state index contributed by atoms with van der Waals surface area (Å²) in [5, 5.41) is 0.777. The number of ether oxygens (including phenoxy) is 4.